The molecule has 2 heterocycles. The van der Waals surface area contributed by atoms with Gasteiger partial charge in [0.05, 0.1) is 11.4 Å². The quantitative estimate of drug-likeness (QED) is 0.714. The van der Waals surface area contributed by atoms with Gasteiger partial charge < -0.3 is 10.1 Å². The summed E-state index contributed by atoms with van der Waals surface area (Å²) in [5.41, 5.74) is 5.29. The number of amides is 1. The molecule has 6 heteroatoms. The summed E-state index contributed by atoms with van der Waals surface area (Å²) in [7, 11) is 0. The molecule has 1 aliphatic rings. The highest BCUT2D eigenvalue weighted by atomic mass is 35.5. The number of carbonyl (C=O) groups excluding carboxylic acids is 1. The van der Waals surface area contributed by atoms with E-state index in [4.69, 9.17) is 16.3 Å². The minimum atomic E-state index is -0.484. The number of ether oxygens (including phenoxy) is 1. The fraction of sp³-hybridized carbons (Fsp3) is 0.273. The third kappa shape index (κ3) is 3.90. The van der Waals surface area contributed by atoms with E-state index in [1.165, 1.54) is 0 Å². The molecule has 0 bridgehead atoms. The first-order chi connectivity index (χ1) is 13.5. The van der Waals surface area contributed by atoms with Crippen molar-refractivity contribution in [2.24, 2.45) is 0 Å². The predicted octanol–water partition coefficient (Wildman–Crippen LogP) is 3.80. The molecule has 1 amide bonds. The lowest BCUT2D eigenvalue weighted by molar-refractivity contribution is -0.127. The molecule has 2 aromatic carbocycles. The van der Waals surface area contributed by atoms with Crippen LogP contribution in [0.15, 0.2) is 48.5 Å². The van der Waals surface area contributed by atoms with Gasteiger partial charge in [-0.15, -0.1) is 0 Å². The molecule has 144 valence electrons. The van der Waals surface area contributed by atoms with Crippen LogP contribution < -0.4 is 10.1 Å². The molecule has 0 radical (unpaired) electrons. The van der Waals surface area contributed by atoms with Gasteiger partial charge in [0.15, 0.2) is 6.10 Å². The third-order valence-corrected chi connectivity index (χ3v) is 5.13. The van der Waals surface area contributed by atoms with Crippen LogP contribution in [-0.4, -0.2) is 28.3 Å². The molecule has 0 spiro atoms. The second-order valence-corrected chi connectivity index (χ2v) is 7.55. The Morgan fingerprint density at radius 1 is 1.21 bits per heavy atom. The van der Waals surface area contributed by atoms with Crippen LogP contribution in [0.3, 0.4) is 0 Å². The third-order valence-electron chi connectivity index (χ3n) is 4.89. The monoisotopic (exact) mass is 395 g/mol. The maximum absolute atomic E-state index is 12.4. The number of nitrogens with zero attached hydrogens (tertiary/aromatic N) is 2. The molecule has 0 fully saturated rings. The van der Waals surface area contributed by atoms with Gasteiger partial charge in [-0.25, -0.2) is 4.68 Å². The van der Waals surface area contributed by atoms with Crippen molar-refractivity contribution in [2.75, 3.05) is 6.54 Å². The lowest BCUT2D eigenvalue weighted by Gasteiger charge is -2.11. The topological polar surface area (TPSA) is 56.2 Å². The minimum Gasteiger partial charge on any atom is -0.480 e. The highest BCUT2D eigenvalue weighted by Crippen LogP contribution is 2.31. The zero-order chi connectivity index (χ0) is 19.7. The van der Waals surface area contributed by atoms with Gasteiger partial charge >= 0.3 is 0 Å². The van der Waals surface area contributed by atoms with Crippen LogP contribution in [-0.2, 0) is 17.6 Å². The van der Waals surface area contributed by atoms with Crippen LogP contribution in [0.5, 0.6) is 5.75 Å². The van der Waals surface area contributed by atoms with E-state index in [-0.39, 0.29) is 5.91 Å². The molecule has 1 unspecified atom stereocenters. The van der Waals surface area contributed by atoms with Gasteiger partial charge in [0, 0.05) is 23.7 Å². The maximum atomic E-state index is 12.4. The van der Waals surface area contributed by atoms with Crippen LogP contribution >= 0.6 is 11.6 Å². The zero-order valence-corrected chi connectivity index (χ0v) is 16.7. The average Bonchev–Trinajstić information content (AvgIpc) is 3.24. The van der Waals surface area contributed by atoms with E-state index in [0.717, 1.165) is 40.4 Å². The summed E-state index contributed by atoms with van der Waals surface area (Å²) in [6.45, 7) is 4.59. The molecule has 5 nitrogen and oxygen atoms in total. The molecule has 1 aliphatic heterocycles. The number of rotatable bonds is 5. The Labute approximate surface area is 169 Å². The van der Waals surface area contributed by atoms with Crippen LogP contribution in [0.25, 0.3) is 5.69 Å². The van der Waals surface area contributed by atoms with Crippen molar-refractivity contribution in [3.63, 3.8) is 0 Å². The first kappa shape index (κ1) is 18.6. The summed E-state index contributed by atoms with van der Waals surface area (Å²) in [6, 6.07) is 15.7. The normalized spacial score (nSPS) is 15.2. The van der Waals surface area contributed by atoms with E-state index in [1.807, 2.05) is 30.7 Å². The van der Waals surface area contributed by atoms with Crippen molar-refractivity contribution in [1.82, 2.24) is 15.1 Å². The van der Waals surface area contributed by atoms with Crippen molar-refractivity contribution in [1.29, 1.82) is 0 Å². The number of carbonyl (C=O) groups is 1. The van der Waals surface area contributed by atoms with Gasteiger partial charge in [-0.3, -0.25) is 4.79 Å². The second-order valence-electron chi connectivity index (χ2n) is 7.11. The summed E-state index contributed by atoms with van der Waals surface area (Å²) < 4.78 is 7.66. The molecule has 0 saturated carbocycles. The maximum Gasteiger partial charge on any atom is 0.261 e. The molecular formula is C22H22ClN3O2. The van der Waals surface area contributed by atoms with Crippen LogP contribution in [0.1, 0.15) is 22.5 Å². The molecule has 0 aliphatic carbocycles. The highest BCUT2D eigenvalue weighted by Gasteiger charge is 2.28. The number of aromatic nitrogens is 2. The van der Waals surface area contributed by atoms with Crippen molar-refractivity contribution in [3.8, 4) is 11.4 Å². The van der Waals surface area contributed by atoms with Crippen LogP contribution in [0, 0.1) is 13.8 Å². The van der Waals surface area contributed by atoms with E-state index in [9.17, 15) is 4.79 Å². The lowest BCUT2D eigenvalue weighted by Crippen LogP contribution is -2.38. The SMILES string of the molecule is Cc1cc(C)n(-c2ccc(CCNC(=O)C3Cc4cc(Cl)ccc4O3)cc2)n1. The number of benzene rings is 2. The Morgan fingerprint density at radius 2 is 2.00 bits per heavy atom. The van der Waals surface area contributed by atoms with Crippen LogP contribution in [0.4, 0.5) is 0 Å². The number of halogens is 1. The van der Waals surface area contributed by atoms with E-state index < -0.39 is 6.10 Å². The van der Waals surface area contributed by atoms with Crippen molar-refractivity contribution < 1.29 is 9.53 Å². The molecule has 28 heavy (non-hydrogen) atoms. The molecule has 4 rings (SSSR count). The smallest absolute Gasteiger partial charge is 0.261 e. The number of hydrogen-bond donors (Lipinski definition) is 1. The Morgan fingerprint density at radius 3 is 2.71 bits per heavy atom. The zero-order valence-electron chi connectivity index (χ0n) is 15.9. The van der Waals surface area contributed by atoms with Gasteiger partial charge in [-0.05, 0) is 67.8 Å². The Kier molecular flexibility index (Phi) is 5.09. The van der Waals surface area contributed by atoms with E-state index in [2.05, 4.69) is 40.7 Å². The van der Waals surface area contributed by atoms with Crippen LogP contribution in [0.2, 0.25) is 5.02 Å². The Bertz CT molecular complexity index is 1010. The Balaban J connectivity index is 1.29. The summed E-state index contributed by atoms with van der Waals surface area (Å²) in [4.78, 5) is 12.4. The number of aryl methyl sites for hydroxylation is 2. The minimum absolute atomic E-state index is 0.0911. The fourth-order valence-corrected chi connectivity index (χ4v) is 3.70. The molecule has 0 saturated heterocycles. The van der Waals surface area contributed by atoms with Gasteiger partial charge in [-0.2, -0.15) is 5.10 Å². The van der Waals surface area contributed by atoms with Crippen molar-refractivity contribution in [3.05, 3.63) is 76.1 Å². The number of nitrogens with one attached hydrogen (secondary N) is 1. The Hall–Kier alpha value is -2.79. The summed E-state index contributed by atoms with van der Waals surface area (Å²) in [5, 5.41) is 8.13. The highest BCUT2D eigenvalue weighted by molar-refractivity contribution is 6.30. The van der Waals surface area contributed by atoms with Gasteiger partial charge in [0.25, 0.3) is 5.91 Å². The predicted molar refractivity (Wildman–Crippen MR) is 109 cm³/mol. The van der Waals surface area contributed by atoms with Crippen molar-refractivity contribution >= 4 is 17.5 Å². The second kappa shape index (κ2) is 7.68. The fourth-order valence-electron chi connectivity index (χ4n) is 3.50. The summed E-state index contributed by atoms with van der Waals surface area (Å²) in [5.74, 6) is 0.649. The van der Waals surface area contributed by atoms with Gasteiger partial charge in [-0.1, -0.05) is 23.7 Å². The number of fused-ring (bicyclic) bond motifs is 1. The van der Waals surface area contributed by atoms with E-state index in [0.29, 0.717) is 18.0 Å². The number of hydrogen-bond acceptors (Lipinski definition) is 3. The molecule has 1 N–H and O–H groups in total. The standard InChI is InChI=1S/C22H22ClN3O2/c1-14-11-15(2)26(25-14)19-6-3-16(4-7-19)9-10-24-22(27)21-13-17-12-18(23)5-8-20(17)28-21/h3-8,11-12,21H,9-10,13H2,1-2H3,(H,24,27). The van der Waals surface area contributed by atoms with E-state index in [1.54, 1.807) is 6.07 Å². The molecule has 1 atom stereocenters. The first-order valence-corrected chi connectivity index (χ1v) is 9.73. The summed E-state index contributed by atoms with van der Waals surface area (Å²) >= 11 is 6.00. The molecule has 3 aromatic rings. The lowest BCUT2D eigenvalue weighted by atomic mass is 10.1. The van der Waals surface area contributed by atoms with E-state index >= 15 is 0 Å². The van der Waals surface area contributed by atoms with Gasteiger partial charge in [0.1, 0.15) is 5.75 Å². The van der Waals surface area contributed by atoms with Gasteiger partial charge in [0.2, 0.25) is 0 Å². The van der Waals surface area contributed by atoms with Crippen molar-refractivity contribution in [2.45, 2.75) is 32.8 Å². The first-order valence-electron chi connectivity index (χ1n) is 9.35. The largest absolute Gasteiger partial charge is 0.480 e. The molecular weight excluding hydrogens is 374 g/mol. The molecule has 1 aromatic heterocycles. The average molecular weight is 396 g/mol. The summed E-state index contributed by atoms with van der Waals surface area (Å²) in [6.07, 6.45) is 0.829.